The van der Waals surface area contributed by atoms with Gasteiger partial charge in [0.25, 0.3) is 0 Å². The number of aromatic nitrogens is 4. The molecular formula is C20H19N5O2. The van der Waals surface area contributed by atoms with Gasteiger partial charge in [0.15, 0.2) is 16.9 Å². The Labute approximate surface area is 155 Å². The third-order valence-electron chi connectivity index (χ3n) is 3.99. The van der Waals surface area contributed by atoms with Gasteiger partial charge in [-0.3, -0.25) is 4.98 Å². The van der Waals surface area contributed by atoms with Gasteiger partial charge >= 0.3 is 6.09 Å². The van der Waals surface area contributed by atoms with Gasteiger partial charge < -0.3 is 15.0 Å². The van der Waals surface area contributed by atoms with Crippen molar-refractivity contribution in [3.8, 4) is 17.0 Å². The van der Waals surface area contributed by atoms with Crippen LogP contribution in [0.1, 0.15) is 20.8 Å². The second-order valence-corrected chi connectivity index (χ2v) is 7.27. The zero-order chi connectivity index (χ0) is 19.0. The van der Waals surface area contributed by atoms with Crippen molar-refractivity contribution in [2.75, 3.05) is 0 Å². The number of nitrogens with one attached hydrogen (secondary N) is 2. The van der Waals surface area contributed by atoms with Gasteiger partial charge in [0, 0.05) is 35.1 Å². The monoisotopic (exact) mass is 361 g/mol. The van der Waals surface area contributed by atoms with Crippen LogP contribution in [0.15, 0.2) is 49.1 Å². The summed E-state index contributed by atoms with van der Waals surface area (Å²) < 4.78 is 5.43. The van der Waals surface area contributed by atoms with E-state index in [1.165, 1.54) is 0 Å². The van der Waals surface area contributed by atoms with Gasteiger partial charge in [-0.05, 0) is 32.2 Å². The third kappa shape index (κ3) is 3.44. The van der Waals surface area contributed by atoms with Crippen LogP contribution in [0.5, 0.6) is 5.75 Å². The first-order chi connectivity index (χ1) is 12.9. The summed E-state index contributed by atoms with van der Waals surface area (Å²) in [6.07, 6.45) is 6.31. The van der Waals surface area contributed by atoms with Crippen molar-refractivity contribution in [1.82, 2.24) is 25.3 Å². The first kappa shape index (κ1) is 17.0. The maximum absolute atomic E-state index is 12.1. The molecule has 0 fully saturated rings. The van der Waals surface area contributed by atoms with Crippen LogP contribution >= 0.6 is 0 Å². The summed E-state index contributed by atoms with van der Waals surface area (Å²) in [7, 11) is 0. The highest BCUT2D eigenvalue weighted by molar-refractivity contribution is 5.96. The van der Waals surface area contributed by atoms with E-state index in [9.17, 15) is 4.79 Å². The van der Waals surface area contributed by atoms with Crippen molar-refractivity contribution in [1.29, 1.82) is 0 Å². The molecule has 0 radical (unpaired) electrons. The highest BCUT2D eigenvalue weighted by atomic mass is 16.6. The van der Waals surface area contributed by atoms with Gasteiger partial charge in [0.2, 0.25) is 0 Å². The summed E-state index contributed by atoms with van der Waals surface area (Å²) >= 11 is 0. The van der Waals surface area contributed by atoms with Crippen molar-refractivity contribution in [2.24, 2.45) is 0 Å². The maximum Gasteiger partial charge on any atom is 0.413 e. The van der Waals surface area contributed by atoms with Gasteiger partial charge in [0.1, 0.15) is 0 Å². The second-order valence-electron chi connectivity index (χ2n) is 7.27. The minimum atomic E-state index is -0.537. The normalized spacial score (nSPS) is 11.7. The lowest BCUT2D eigenvalue weighted by Gasteiger charge is -2.19. The van der Waals surface area contributed by atoms with E-state index < -0.39 is 11.6 Å². The summed E-state index contributed by atoms with van der Waals surface area (Å²) in [5.41, 5.74) is 2.26. The molecule has 27 heavy (non-hydrogen) atoms. The molecule has 3 aromatic heterocycles. The Morgan fingerprint density at radius 3 is 2.85 bits per heavy atom. The number of H-pyrrole nitrogens is 1. The fraction of sp³-hybridized carbons (Fsp3) is 0.200. The highest BCUT2D eigenvalue weighted by Gasteiger charge is 2.18. The highest BCUT2D eigenvalue weighted by Crippen LogP contribution is 2.29. The van der Waals surface area contributed by atoms with E-state index in [0.29, 0.717) is 22.6 Å². The zero-order valence-corrected chi connectivity index (χ0v) is 15.3. The van der Waals surface area contributed by atoms with E-state index >= 15 is 0 Å². The van der Waals surface area contributed by atoms with Gasteiger partial charge in [-0.2, -0.15) is 0 Å². The average Bonchev–Trinajstić information content (AvgIpc) is 3.01. The lowest BCUT2D eigenvalue weighted by molar-refractivity contribution is 0.191. The van der Waals surface area contributed by atoms with Gasteiger partial charge in [-0.15, -0.1) is 0 Å². The number of carbonyl (C=O) groups excluding carboxylic acids is 1. The van der Waals surface area contributed by atoms with Crippen molar-refractivity contribution >= 4 is 28.0 Å². The molecular weight excluding hydrogens is 342 g/mol. The van der Waals surface area contributed by atoms with E-state index in [4.69, 9.17) is 4.74 Å². The summed E-state index contributed by atoms with van der Waals surface area (Å²) in [6, 6.07) is 7.91. The number of pyridine rings is 1. The van der Waals surface area contributed by atoms with E-state index in [0.717, 1.165) is 16.3 Å². The number of rotatable bonds is 2. The molecule has 3 heterocycles. The molecule has 0 aliphatic carbocycles. The Bertz CT molecular complexity index is 1140. The molecule has 0 unspecified atom stereocenters. The fourth-order valence-electron chi connectivity index (χ4n) is 2.84. The number of hydrogen-bond acceptors (Lipinski definition) is 5. The molecule has 0 atom stereocenters. The first-order valence-corrected chi connectivity index (χ1v) is 8.58. The van der Waals surface area contributed by atoms with E-state index in [1.807, 2.05) is 51.2 Å². The van der Waals surface area contributed by atoms with Crippen molar-refractivity contribution in [2.45, 2.75) is 26.3 Å². The van der Waals surface area contributed by atoms with Crippen LogP contribution in [0.3, 0.4) is 0 Å². The Balaban J connectivity index is 1.75. The number of carbonyl (C=O) groups is 1. The second kappa shape index (κ2) is 6.35. The number of nitrogens with zero attached hydrogens (tertiary/aromatic N) is 3. The number of hydrogen-bond donors (Lipinski definition) is 2. The van der Waals surface area contributed by atoms with Crippen LogP contribution in [0.25, 0.3) is 33.2 Å². The molecule has 0 saturated carbocycles. The molecule has 4 rings (SSSR count). The average molecular weight is 361 g/mol. The minimum absolute atomic E-state index is 0.333. The predicted molar refractivity (Wildman–Crippen MR) is 104 cm³/mol. The molecule has 1 amide bonds. The van der Waals surface area contributed by atoms with E-state index in [-0.39, 0.29) is 0 Å². The molecule has 0 bridgehead atoms. The third-order valence-corrected chi connectivity index (χ3v) is 3.99. The molecule has 0 saturated heterocycles. The standard InChI is InChI=1S/C20H19N5O2/c1-20(2,3)25-19(26)27-16-11-23-18-17(16)24-15(10-22-18)13-6-4-5-12-7-8-21-9-14(12)13/h4-11H,1-3H3,(H,22,23)(H,25,26). The lowest BCUT2D eigenvalue weighted by Crippen LogP contribution is -2.42. The fourth-order valence-corrected chi connectivity index (χ4v) is 2.84. The zero-order valence-electron chi connectivity index (χ0n) is 15.3. The van der Waals surface area contributed by atoms with E-state index in [2.05, 4.69) is 25.3 Å². The van der Waals surface area contributed by atoms with Crippen LogP contribution in [0.4, 0.5) is 4.79 Å². The molecule has 7 nitrogen and oxygen atoms in total. The summed E-state index contributed by atoms with van der Waals surface area (Å²) in [6.45, 7) is 5.65. The summed E-state index contributed by atoms with van der Waals surface area (Å²) in [5.74, 6) is 0.333. The van der Waals surface area contributed by atoms with Crippen LogP contribution in [0, 0.1) is 0 Å². The maximum atomic E-state index is 12.1. The smallest absolute Gasteiger partial charge is 0.406 e. The summed E-state index contributed by atoms with van der Waals surface area (Å²) in [5, 5.41) is 4.81. The number of aromatic amines is 1. The van der Waals surface area contributed by atoms with Crippen LogP contribution in [-0.4, -0.2) is 31.6 Å². The molecule has 136 valence electrons. The molecule has 0 spiro atoms. The SMILES string of the molecule is CC(C)(C)NC(=O)Oc1c[nH]c2ncc(-c3cccc4ccncc34)nc12. The Hall–Kier alpha value is -3.48. The van der Waals surface area contributed by atoms with Crippen LogP contribution < -0.4 is 10.1 Å². The Kier molecular flexibility index (Phi) is 3.99. The Morgan fingerprint density at radius 2 is 2.04 bits per heavy atom. The first-order valence-electron chi connectivity index (χ1n) is 8.58. The predicted octanol–water partition coefficient (Wildman–Crippen LogP) is 4.06. The van der Waals surface area contributed by atoms with Crippen LogP contribution in [0.2, 0.25) is 0 Å². The lowest BCUT2D eigenvalue weighted by atomic mass is 10.0. The molecule has 7 heteroatoms. The number of fused-ring (bicyclic) bond motifs is 2. The van der Waals surface area contributed by atoms with Crippen molar-refractivity contribution < 1.29 is 9.53 Å². The molecule has 2 N–H and O–H groups in total. The molecule has 0 aliphatic rings. The molecule has 1 aromatic carbocycles. The van der Waals surface area contributed by atoms with Crippen LogP contribution in [-0.2, 0) is 0 Å². The number of benzene rings is 1. The van der Waals surface area contributed by atoms with E-state index in [1.54, 1.807) is 18.6 Å². The quantitative estimate of drug-likeness (QED) is 0.562. The molecule has 0 aliphatic heterocycles. The van der Waals surface area contributed by atoms with Gasteiger partial charge in [0.05, 0.1) is 11.9 Å². The number of ether oxygens (including phenoxy) is 1. The topological polar surface area (TPSA) is 92.8 Å². The van der Waals surface area contributed by atoms with Crippen molar-refractivity contribution in [3.05, 3.63) is 49.1 Å². The number of amides is 1. The van der Waals surface area contributed by atoms with Crippen molar-refractivity contribution in [3.63, 3.8) is 0 Å². The van der Waals surface area contributed by atoms with Gasteiger partial charge in [-0.1, -0.05) is 18.2 Å². The minimum Gasteiger partial charge on any atom is -0.406 e. The largest absolute Gasteiger partial charge is 0.413 e. The Morgan fingerprint density at radius 1 is 1.19 bits per heavy atom. The molecule has 4 aromatic rings. The van der Waals surface area contributed by atoms with Gasteiger partial charge in [-0.25, -0.2) is 14.8 Å². The summed E-state index contributed by atoms with van der Waals surface area (Å²) in [4.78, 5) is 28.4.